The van der Waals surface area contributed by atoms with Crippen LogP contribution in [0, 0.1) is 0 Å². The van der Waals surface area contributed by atoms with Crippen LogP contribution in [0.5, 0.6) is 5.75 Å². The molecule has 0 spiro atoms. The minimum absolute atomic E-state index is 0.156. The molecule has 0 saturated carbocycles. The lowest BCUT2D eigenvalue weighted by Crippen LogP contribution is -2.48. The van der Waals surface area contributed by atoms with Crippen molar-refractivity contribution >= 4 is 23.1 Å². The van der Waals surface area contributed by atoms with E-state index in [1.165, 1.54) is 5.69 Å². The summed E-state index contributed by atoms with van der Waals surface area (Å²) in [6.45, 7) is 6.63. The fourth-order valence-corrected chi connectivity index (χ4v) is 3.14. The highest BCUT2D eigenvalue weighted by molar-refractivity contribution is 6.30. The molecular weight excluding hydrogens is 336 g/mol. The largest absolute Gasteiger partial charge is 0.494 e. The van der Waals surface area contributed by atoms with E-state index in [2.05, 4.69) is 9.80 Å². The Morgan fingerprint density at radius 2 is 1.64 bits per heavy atom. The summed E-state index contributed by atoms with van der Waals surface area (Å²) in [6, 6.07) is 15.3. The molecular formula is C20H23ClN2O2. The molecule has 0 radical (unpaired) electrons. The van der Waals surface area contributed by atoms with E-state index in [-0.39, 0.29) is 5.78 Å². The van der Waals surface area contributed by atoms with Crippen LogP contribution in [0.1, 0.15) is 17.3 Å². The fraction of sp³-hybridized carbons (Fsp3) is 0.350. The van der Waals surface area contributed by atoms with Crippen molar-refractivity contribution in [2.75, 3.05) is 44.2 Å². The van der Waals surface area contributed by atoms with Gasteiger partial charge in [-0.3, -0.25) is 9.69 Å². The van der Waals surface area contributed by atoms with E-state index in [9.17, 15) is 4.79 Å². The molecule has 1 aliphatic heterocycles. The SMILES string of the molecule is CCOc1ccc(C(=O)CN2CCN(c3ccc(Cl)cc3)CC2)cc1. The van der Waals surface area contributed by atoms with Crippen LogP contribution in [0.15, 0.2) is 48.5 Å². The normalized spacial score (nSPS) is 15.2. The fourth-order valence-electron chi connectivity index (χ4n) is 3.01. The number of rotatable bonds is 6. The summed E-state index contributed by atoms with van der Waals surface area (Å²) in [5.74, 6) is 0.957. The van der Waals surface area contributed by atoms with Gasteiger partial charge in [-0.2, -0.15) is 0 Å². The van der Waals surface area contributed by atoms with Gasteiger partial charge in [-0.15, -0.1) is 0 Å². The first-order chi connectivity index (χ1) is 12.2. The number of benzene rings is 2. The van der Waals surface area contributed by atoms with Gasteiger partial charge < -0.3 is 9.64 Å². The van der Waals surface area contributed by atoms with Gasteiger partial charge in [0.2, 0.25) is 0 Å². The zero-order valence-electron chi connectivity index (χ0n) is 14.5. The molecule has 0 aromatic heterocycles. The van der Waals surface area contributed by atoms with Crippen molar-refractivity contribution in [3.63, 3.8) is 0 Å². The van der Waals surface area contributed by atoms with E-state index in [0.29, 0.717) is 13.2 Å². The predicted molar refractivity (Wildman–Crippen MR) is 102 cm³/mol. The first kappa shape index (κ1) is 17.8. The number of carbonyl (C=O) groups excluding carboxylic acids is 1. The molecule has 2 aromatic rings. The van der Waals surface area contributed by atoms with Gasteiger partial charge in [-0.25, -0.2) is 0 Å². The maximum Gasteiger partial charge on any atom is 0.176 e. The van der Waals surface area contributed by atoms with E-state index in [1.54, 1.807) is 0 Å². The summed E-state index contributed by atoms with van der Waals surface area (Å²) in [6.07, 6.45) is 0. The highest BCUT2D eigenvalue weighted by atomic mass is 35.5. The van der Waals surface area contributed by atoms with Crippen molar-refractivity contribution in [3.8, 4) is 5.75 Å². The van der Waals surface area contributed by atoms with Crippen molar-refractivity contribution in [2.24, 2.45) is 0 Å². The minimum atomic E-state index is 0.156. The second-order valence-corrected chi connectivity index (χ2v) is 6.56. The average Bonchev–Trinajstić information content (AvgIpc) is 2.64. The third-order valence-corrected chi connectivity index (χ3v) is 4.67. The van der Waals surface area contributed by atoms with Crippen molar-refractivity contribution < 1.29 is 9.53 Å². The Labute approximate surface area is 154 Å². The monoisotopic (exact) mass is 358 g/mol. The van der Waals surface area contributed by atoms with Crippen LogP contribution >= 0.6 is 11.6 Å². The van der Waals surface area contributed by atoms with Crippen LogP contribution < -0.4 is 9.64 Å². The Kier molecular flexibility index (Phi) is 5.95. The molecule has 1 heterocycles. The van der Waals surface area contributed by atoms with Gasteiger partial charge in [0.25, 0.3) is 0 Å². The van der Waals surface area contributed by atoms with Crippen LogP contribution in [0.3, 0.4) is 0 Å². The molecule has 0 bridgehead atoms. The zero-order valence-corrected chi connectivity index (χ0v) is 15.2. The summed E-state index contributed by atoms with van der Waals surface area (Å²) in [5, 5.41) is 0.753. The first-order valence-electron chi connectivity index (χ1n) is 8.64. The molecule has 4 nitrogen and oxygen atoms in total. The Bertz CT molecular complexity index is 693. The molecule has 0 aliphatic carbocycles. The van der Waals surface area contributed by atoms with E-state index in [0.717, 1.165) is 42.5 Å². The van der Waals surface area contributed by atoms with Gasteiger partial charge in [0.05, 0.1) is 13.2 Å². The second kappa shape index (κ2) is 8.37. The topological polar surface area (TPSA) is 32.8 Å². The summed E-state index contributed by atoms with van der Waals surface area (Å²) < 4.78 is 5.42. The van der Waals surface area contributed by atoms with Crippen LogP contribution in [0.25, 0.3) is 0 Å². The molecule has 0 atom stereocenters. The van der Waals surface area contributed by atoms with E-state index in [1.807, 2.05) is 55.5 Å². The number of Topliss-reactive ketones (excluding diaryl/α,β-unsaturated/α-hetero) is 1. The lowest BCUT2D eigenvalue weighted by Gasteiger charge is -2.35. The Morgan fingerprint density at radius 3 is 2.24 bits per heavy atom. The average molecular weight is 359 g/mol. The molecule has 132 valence electrons. The molecule has 0 N–H and O–H groups in total. The van der Waals surface area contributed by atoms with Gasteiger partial charge in [0.15, 0.2) is 5.78 Å². The van der Waals surface area contributed by atoms with Crippen molar-refractivity contribution in [1.82, 2.24) is 4.90 Å². The van der Waals surface area contributed by atoms with Crippen LogP contribution in [0.2, 0.25) is 5.02 Å². The van der Waals surface area contributed by atoms with Gasteiger partial charge in [0.1, 0.15) is 5.75 Å². The molecule has 1 saturated heterocycles. The van der Waals surface area contributed by atoms with Crippen LogP contribution in [-0.2, 0) is 0 Å². The summed E-state index contributed by atoms with van der Waals surface area (Å²) in [4.78, 5) is 17.0. The molecule has 1 fully saturated rings. The van der Waals surface area contributed by atoms with Gasteiger partial charge in [-0.1, -0.05) is 11.6 Å². The van der Waals surface area contributed by atoms with E-state index < -0.39 is 0 Å². The molecule has 0 unspecified atom stereocenters. The van der Waals surface area contributed by atoms with Crippen molar-refractivity contribution in [1.29, 1.82) is 0 Å². The number of ether oxygens (including phenoxy) is 1. The van der Waals surface area contributed by atoms with Crippen LogP contribution in [-0.4, -0.2) is 50.0 Å². The maximum absolute atomic E-state index is 12.5. The molecule has 5 heteroatoms. The summed E-state index contributed by atoms with van der Waals surface area (Å²) in [7, 11) is 0. The Balaban J connectivity index is 1.51. The number of carbonyl (C=O) groups is 1. The Morgan fingerprint density at radius 1 is 1.00 bits per heavy atom. The number of halogens is 1. The van der Waals surface area contributed by atoms with Crippen LogP contribution in [0.4, 0.5) is 5.69 Å². The maximum atomic E-state index is 12.5. The number of anilines is 1. The minimum Gasteiger partial charge on any atom is -0.494 e. The highest BCUT2D eigenvalue weighted by Crippen LogP contribution is 2.20. The molecule has 1 aliphatic rings. The molecule has 25 heavy (non-hydrogen) atoms. The number of nitrogens with zero attached hydrogens (tertiary/aromatic N) is 2. The van der Waals surface area contributed by atoms with Gasteiger partial charge in [-0.05, 0) is 55.5 Å². The molecule has 2 aromatic carbocycles. The quantitative estimate of drug-likeness (QED) is 0.736. The predicted octanol–water partition coefficient (Wildman–Crippen LogP) is 3.74. The third-order valence-electron chi connectivity index (χ3n) is 4.42. The lowest BCUT2D eigenvalue weighted by molar-refractivity contribution is 0.0926. The third kappa shape index (κ3) is 4.74. The molecule has 0 amide bonds. The number of hydrogen-bond donors (Lipinski definition) is 0. The number of hydrogen-bond acceptors (Lipinski definition) is 4. The van der Waals surface area contributed by atoms with E-state index in [4.69, 9.17) is 16.3 Å². The second-order valence-electron chi connectivity index (χ2n) is 6.12. The zero-order chi connectivity index (χ0) is 17.6. The number of piperazine rings is 1. The Hall–Kier alpha value is -2.04. The lowest BCUT2D eigenvalue weighted by atomic mass is 10.1. The molecule has 3 rings (SSSR count). The smallest absolute Gasteiger partial charge is 0.176 e. The van der Waals surface area contributed by atoms with E-state index >= 15 is 0 Å². The summed E-state index contributed by atoms with van der Waals surface area (Å²) >= 11 is 5.94. The van der Waals surface area contributed by atoms with Crippen molar-refractivity contribution in [2.45, 2.75) is 6.92 Å². The van der Waals surface area contributed by atoms with Crippen molar-refractivity contribution in [3.05, 3.63) is 59.1 Å². The van der Waals surface area contributed by atoms with Gasteiger partial charge >= 0.3 is 0 Å². The highest BCUT2D eigenvalue weighted by Gasteiger charge is 2.19. The van der Waals surface area contributed by atoms with Gasteiger partial charge in [0, 0.05) is 42.5 Å². The summed E-state index contributed by atoms with van der Waals surface area (Å²) in [5.41, 5.74) is 1.92. The number of ketones is 1. The first-order valence-corrected chi connectivity index (χ1v) is 9.02. The standard InChI is InChI=1S/C20H23ClN2O2/c1-2-25-19-9-3-16(4-10-19)20(24)15-22-11-13-23(14-12-22)18-7-5-17(21)6-8-18/h3-10H,2,11-15H2,1H3.